The second-order valence-corrected chi connectivity index (χ2v) is 11.7. The number of thiazole rings is 1. The summed E-state index contributed by atoms with van der Waals surface area (Å²) in [6.07, 6.45) is 4.85. The van der Waals surface area contributed by atoms with Crippen molar-refractivity contribution in [3.8, 4) is 11.5 Å². The van der Waals surface area contributed by atoms with Gasteiger partial charge in [0, 0.05) is 0 Å². The van der Waals surface area contributed by atoms with Crippen molar-refractivity contribution in [3.63, 3.8) is 0 Å². The van der Waals surface area contributed by atoms with Crippen LogP contribution in [0.3, 0.4) is 0 Å². The number of ether oxygens (including phenoxy) is 3. The predicted molar refractivity (Wildman–Crippen MR) is 167 cm³/mol. The minimum Gasteiger partial charge on any atom is -0.493 e. The third-order valence-electron chi connectivity index (χ3n) is 6.71. The lowest BCUT2D eigenvalue weighted by Gasteiger charge is -2.26. The standard InChI is InChI=1S/C32H35BrN2O5S/c1-7-10-24-27(31(37)39-9-3)28(22-13-11-21(12-14-22)19(4)5)35-30(36)26(41-32(35)34-24)18-20-16-23(33)29(40-15-8-2)25(17-20)38-6/h8,11-14,16-19,28H,2,7,9-10,15H2,1,3-6H3/b26-18-/t28-/m1/s1. The summed E-state index contributed by atoms with van der Waals surface area (Å²) < 4.78 is 19.6. The summed E-state index contributed by atoms with van der Waals surface area (Å²) in [6.45, 7) is 12.3. The predicted octanol–water partition coefficient (Wildman–Crippen LogP) is 6.04. The summed E-state index contributed by atoms with van der Waals surface area (Å²) in [6, 6.07) is 11.1. The number of fused-ring (bicyclic) bond motifs is 1. The highest BCUT2D eigenvalue weighted by atomic mass is 79.9. The lowest BCUT2D eigenvalue weighted by atomic mass is 9.92. The molecule has 0 aliphatic carbocycles. The normalized spacial score (nSPS) is 15.0. The molecule has 1 atom stereocenters. The maximum absolute atomic E-state index is 14.0. The second kappa shape index (κ2) is 13.5. The van der Waals surface area contributed by atoms with Crippen molar-refractivity contribution in [1.29, 1.82) is 0 Å². The molecule has 0 bridgehead atoms. The molecule has 41 heavy (non-hydrogen) atoms. The Kier molecular flexibility index (Phi) is 10.0. The number of hydrogen-bond donors (Lipinski definition) is 0. The van der Waals surface area contributed by atoms with E-state index in [4.69, 9.17) is 19.2 Å². The largest absolute Gasteiger partial charge is 0.493 e. The van der Waals surface area contributed by atoms with E-state index in [1.807, 2.05) is 31.2 Å². The Morgan fingerprint density at radius 3 is 2.56 bits per heavy atom. The fourth-order valence-corrected chi connectivity index (χ4v) is 6.35. The molecule has 0 saturated heterocycles. The van der Waals surface area contributed by atoms with E-state index in [2.05, 4.69) is 48.5 Å². The van der Waals surface area contributed by atoms with Crippen molar-refractivity contribution in [3.05, 3.63) is 101 Å². The SMILES string of the molecule is C=CCOc1c(Br)cc(/C=c2\sc3n(c2=O)[C@H](c2ccc(C(C)C)cc2)C(C(=O)OCC)=C(CCC)N=3)cc1OC. The van der Waals surface area contributed by atoms with E-state index in [1.165, 1.54) is 16.9 Å². The molecule has 7 nitrogen and oxygen atoms in total. The third-order valence-corrected chi connectivity index (χ3v) is 8.28. The van der Waals surface area contributed by atoms with Crippen molar-refractivity contribution >= 4 is 39.3 Å². The highest BCUT2D eigenvalue weighted by Crippen LogP contribution is 2.37. The molecule has 2 heterocycles. The van der Waals surface area contributed by atoms with Crippen LogP contribution in [0.15, 0.2) is 74.6 Å². The first-order valence-corrected chi connectivity index (χ1v) is 15.3. The van der Waals surface area contributed by atoms with E-state index in [0.717, 1.165) is 17.5 Å². The van der Waals surface area contributed by atoms with Crippen LogP contribution < -0.4 is 24.4 Å². The molecule has 2 aromatic carbocycles. The zero-order valence-corrected chi connectivity index (χ0v) is 26.4. The maximum Gasteiger partial charge on any atom is 0.338 e. The Morgan fingerprint density at radius 2 is 1.95 bits per heavy atom. The monoisotopic (exact) mass is 638 g/mol. The summed E-state index contributed by atoms with van der Waals surface area (Å²) in [5, 5.41) is 0. The van der Waals surface area contributed by atoms with Crippen LogP contribution in [-0.4, -0.2) is 30.9 Å². The average molecular weight is 640 g/mol. The van der Waals surface area contributed by atoms with E-state index in [-0.39, 0.29) is 12.2 Å². The zero-order chi connectivity index (χ0) is 29.7. The van der Waals surface area contributed by atoms with Gasteiger partial charge < -0.3 is 14.2 Å². The van der Waals surface area contributed by atoms with Crippen LogP contribution >= 0.6 is 27.3 Å². The number of benzene rings is 2. The van der Waals surface area contributed by atoms with E-state index in [9.17, 15) is 9.59 Å². The number of methoxy groups -OCH3 is 1. The molecule has 216 valence electrons. The summed E-state index contributed by atoms with van der Waals surface area (Å²) in [5.41, 5.74) is 3.61. The number of allylic oxidation sites excluding steroid dienone is 1. The smallest absolute Gasteiger partial charge is 0.338 e. The summed E-state index contributed by atoms with van der Waals surface area (Å²) >= 11 is 4.86. The van der Waals surface area contributed by atoms with Gasteiger partial charge in [0.2, 0.25) is 0 Å². The van der Waals surface area contributed by atoms with Gasteiger partial charge in [-0.25, -0.2) is 9.79 Å². The Morgan fingerprint density at radius 1 is 1.22 bits per heavy atom. The number of rotatable bonds is 11. The number of halogens is 1. The van der Waals surface area contributed by atoms with Crippen LogP contribution in [0.1, 0.15) is 69.2 Å². The number of carbonyl (C=O) groups is 1. The summed E-state index contributed by atoms with van der Waals surface area (Å²) in [4.78, 5) is 32.8. The Bertz CT molecular complexity index is 1650. The molecule has 0 radical (unpaired) electrons. The van der Waals surface area contributed by atoms with Crippen LogP contribution in [0.4, 0.5) is 0 Å². The van der Waals surface area contributed by atoms with Crippen LogP contribution in [0.5, 0.6) is 11.5 Å². The lowest BCUT2D eigenvalue weighted by molar-refractivity contribution is -0.139. The number of carbonyl (C=O) groups excluding carboxylic acids is 1. The van der Waals surface area contributed by atoms with Gasteiger partial charge in [-0.15, -0.1) is 0 Å². The number of hydrogen-bond acceptors (Lipinski definition) is 7. The average Bonchev–Trinajstić information content (AvgIpc) is 3.25. The number of aromatic nitrogens is 1. The van der Waals surface area contributed by atoms with E-state index < -0.39 is 12.0 Å². The molecule has 0 N–H and O–H groups in total. The third kappa shape index (κ3) is 6.41. The molecule has 0 spiro atoms. The lowest BCUT2D eigenvalue weighted by Crippen LogP contribution is -2.40. The van der Waals surface area contributed by atoms with Crippen molar-refractivity contribution in [2.24, 2.45) is 4.99 Å². The van der Waals surface area contributed by atoms with E-state index in [0.29, 0.717) is 55.5 Å². The van der Waals surface area contributed by atoms with Gasteiger partial charge in [-0.3, -0.25) is 9.36 Å². The van der Waals surface area contributed by atoms with Crippen LogP contribution in [0.2, 0.25) is 0 Å². The second-order valence-electron chi connectivity index (χ2n) is 9.87. The van der Waals surface area contributed by atoms with Gasteiger partial charge in [-0.2, -0.15) is 0 Å². The van der Waals surface area contributed by atoms with Crippen molar-refractivity contribution in [2.75, 3.05) is 20.3 Å². The van der Waals surface area contributed by atoms with E-state index in [1.54, 1.807) is 30.8 Å². The van der Waals surface area contributed by atoms with Gasteiger partial charge in [0.1, 0.15) is 6.61 Å². The Balaban J connectivity index is 1.94. The quantitative estimate of drug-likeness (QED) is 0.189. The molecule has 1 aliphatic heterocycles. The fraction of sp³-hybridized carbons (Fsp3) is 0.344. The molecule has 0 fully saturated rings. The highest BCUT2D eigenvalue weighted by molar-refractivity contribution is 9.10. The van der Waals surface area contributed by atoms with Gasteiger partial charge in [0.05, 0.1) is 40.0 Å². The minimum atomic E-state index is -0.647. The zero-order valence-electron chi connectivity index (χ0n) is 24.0. The van der Waals surface area contributed by atoms with Gasteiger partial charge >= 0.3 is 5.97 Å². The Hall–Kier alpha value is -3.43. The van der Waals surface area contributed by atoms with E-state index >= 15 is 0 Å². The molecule has 0 saturated carbocycles. The van der Waals surface area contributed by atoms with Crippen LogP contribution in [-0.2, 0) is 9.53 Å². The summed E-state index contributed by atoms with van der Waals surface area (Å²) in [5.74, 6) is 0.986. The van der Waals surface area contributed by atoms with Crippen molar-refractivity contribution < 1.29 is 19.0 Å². The molecule has 4 rings (SSSR count). The first-order chi connectivity index (χ1) is 19.7. The van der Waals surface area contributed by atoms with Gasteiger partial charge in [0.25, 0.3) is 5.56 Å². The van der Waals surface area contributed by atoms with Gasteiger partial charge in [0.15, 0.2) is 16.3 Å². The van der Waals surface area contributed by atoms with Gasteiger partial charge in [-0.05, 0) is 70.1 Å². The fourth-order valence-electron chi connectivity index (χ4n) is 4.76. The molecule has 3 aromatic rings. The maximum atomic E-state index is 14.0. The molecule has 0 unspecified atom stereocenters. The minimum absolute atomic E-state index is 0.230. The molecule has 1 aliphatic rings. The molecule has 0 amide bonds. The van der Waals surface area contributed by atoms with Gasteiger partial charge in [-0.1, -0.05) is 75.4 Å². The van der Waals surface area contributed by atoms with Crippen LogP contribution in [0.25, 0.3) is 6.08 Å². The highest BCUT2D eigenvalue weighted by Gasteiger charge is 2.34. The van der Waals surface area contributed by atoms with Crippen LogP contribution in [0, 0.1) is 0 Å². The first kappa shape index (κ1) is 30.5. The summed E-state index contributed by atoms with van der Waals surface area (Å²) in [7, 11) is 1.57. The molecular weight excluding hydrogens is 604 g/mol. The number of nitrogens with zero attached hydrogens (tertiary/aromatic N) is 2. The first-order valence-electron chi connectivity index (χ1n) is 13.7. The molecular formula is C32H35BrN2O5S. The molecule has 9 heteroatoms. The molecule has 1 aromatic heterocycles. The Labute approximate surface area is 252 Å². The van der Waals surface area contributed by atoms with Crippen molar-refractivity contribution in [1.82, 2.24) is 4.57 Å². The van der Waals surface area contributed by atoms with Crippen molar-refractivity contribution in [2.45, 2.75) is 52.5 Å². The topological polar surface area (TPSA) is 79.1 Å². The number of esters is 1.